The molecule has 0 unspecified atom stereocenters. The maximum Gasteiger partial charge on any atom is 0.0255 e. The van der Waals surface area contributed by atoms with Gasteiger partial charge in [-0.25, -0.2) is 0 Å². The Hall–Kier alpha value is -1.38. The maximum absolute atomic E-state index is 2.25. The lowest BCUT2D eigenvalue weighted by molar-refractivity contribution is 1.46. The Morgan fingerprint density at radius 3 is 1.20 bits per heavy atom. The summed E-state index contributed by atoms with van der Waals surface area (Å²) < 4.78 is 0. The van der Waals surface area contributed by atoms with E-state index in [2.05, 4.69) is 73.2 Å². The Bertz CT molecular complexity index is 600. The fourth-order valence-corrected chi connectivity index (χ4v) is 4.02. The van der Waals surface area contributed by atoms with Crippen LogP contribution in [0.4, 0.5) is 0 Å². The van der Waals surface area contributed by atoms with Crippen molar-refractivity contribution in [1.29, 1.82) is 0 Å². The average Bonchev–Trinajstić information content (AvgIpc) is 2.49. The molecule has 20 heavy (non-hydrogen) atoms. The Labute approximate surface area is 129 Å². The number of hydrogen-bond acceptors (Lipinski definition) is 2. The van der Waals surface area contributed by atoms with Crippen LogP contribution in [-0.4, -0.2) is 0 Å². The molecule has 0 saturated heterocycles. The molecule has 100 valence electrons. The van der Waals surface area contributed by atoms with Gasteiger partial charge in [0.05, 0.1) is 0 Å². The van der Waals surface area contributed by atoms with Crippen molar-refractivity contribution < 1.29 is 0 Å². The predicted octanol–water partition coefficient (Wildman–Crippen LogP) is 6.08. The Balaban J connectivity index is 1.77. The minimum Gasteiger partial charge on any atom is -0.0957 e. The molecule has 0 radical (unpaired) electrons. The van der Waals surface area contributed by atoms with Crippen LogP contribution < -0.4 is 0 Å². The van der Waals surface area contributed by atoms with E-state index < -0.39 is 0 Å². The number of thioether (sulfide) groups is 2. The van der Waals surface area contributed by atoms with Crippen LogP contribution in [0.1, 0.15) is 22.3 Å². The summed E-state index contributed by atoms with van der Waals surface area (Å²) in [6.07, 6.45) is 0. The number of rotatable bonds is 2. The van der Waals surface area contributed by atoms with E-state index in [4.69, 9.17) is 0 Å². The highest BCUT2D eigenvalue weighted by Crippen LogP contribution is 2.43. The topological polar surface area (TPSA) is 0 Å². The van der Waals surface area contributed by atoms with Crippen LogP contribution in [0.5, 0.6) is 0 Å². The highest BCUT2D eigenvalue weighted by molar-refractivity contribution is 8.18. The zero-order chi connectivity index (χ0) is 13.9. The monoisotopic (exact) mass is 296 g/mol. The minimum absolute atomic E-state index is 1.30. The summed E-state index contributed by atoms with van der Waals surface area (Å²) in [7, 11) is 0. The minimum atomic E-state index is 1.30. The van der Waals surface area contributed by atoms with Gasteiger partial charge in [-0.1, -0.05) is 83.2 Å². The maximum atomic E-state index is 2.25. The number of hydrogen-bond donors (Lipinski definition) is 0. The van der Waals surface area contributed by atoms with Crippen molar-refractivity contribution in [2.45, 2.75) is 13.8 Å². The summed E-state index contributed by atoms with van der Waals surface area (Å²) in [6, 6.07) is 17.4. The molecule has 0 aromatic heterocycles. The van der Waals surface area contributed by atoms with Gasteiger partial charge in [-0.05, 0) is 35.8 Å². The van der Waals surface area contributed by atoms with Crippen molar-refractivity contribution in [3.8, 4) is 0 Å². The summed E-state index contributed by atoms with van der Waals surface area (Å²) in [5.41, 5.74) is 5.21. The summed E-state index contributed by atoms with van der Waals surface area (Å²) >= 11 is 3.62. The van der Waals surface area contributed by atoms with Crippen LogP contribution >= 0.6 is 23.5 Å². The SMILES string of the molecule is Cc1ccc(C2=CSC(c3ccc(C)cc3)=CS2)cc1. The summed E-state index contributed by atoms with van der Waals surface area (Å²) in [4.78, 5) is 2.65. The molecule has 0 amide bonds. The van der Waals surface area contributed by atoms with E-state index in [1.165, 1.54) is 32.1 Å². The standard InChI is InChI=1S/C18H16S2/c1-13-3-7-15(8-4-13)17-11-20-18(12-19-17)16-9-5-14(2)6-10-16/h3-12H,1-2H3. The molecule has 1 aliphatic heterocycles. The van der Waals surface area contributed by atoms with E-state index in [0.29, 0.717) is 0 Å². The van der Waals surface area contributed by atoms with Gasteiger partial charge < -0.3 is 0 Å². The second kappa shape index (κ2) is 5.94. The lowest BCUT2D eigenvalue weighted by Gasteiger charge is -2.13. The van der Waals surface area contributed by atoms with E-state index in [-0.39, 0.29) is 0 Å². The molecular weight excluding hydrogens is 280 g/mol. The van der Waals surface area contributed by atoms with Crippen molar-refractivity contribution in [2.24, 2.45) is 0 Å². The summed E-state index contributed by atoms with van der Waals surface area (Å²) in [6.45, 7) is 4.24. The smallest absolute Gasteiger partial charge is 0.0255 e. The molecule has 0 nitrogen and oxygen atoms in total. The van der Waals surface area contributed by atoms with Gasteiger partial charge >= 0.3 is 0 Å². The van der Waals surface area contributed by atoms with Crippen LogP contribution in [0.15, 0.2) is 59.3 Å². The van der Waals surface area contributed by atoms with Gasteiger partial charge in [-0.2, -0.15) is 0 Å². The van der Waals surface area contributed by atoms with Crippen LogP contribution in [0.25, 0.3) is 9.81 Å². The molecule has 2 aromatic carbocycles. The molecule has 0 spiro atoms. The fourth-order valence-electron chi connectivity index (χ4n) is 2.00. The molecule has 0 aliphatic carbocycles. The molecule has 0 bridgehead atoms. The predicted molar refractivity (Wildman–Crippen MR) is 93.5 cm³/mol. The quantitative estimate of drug-likeness (QED) is 0.658. The molecule has 3 rings (SSSR count). The Kier molecular flexibility index (Phi) is 4.04. The van der Waals surface area contributed by atoms with Crippen LogP contribution in [0, 0.1) is 13.8 Å². The lowest BCUT2D eigenvalue weighted by atomic mass is 10.1. The largest absolute Gasteiger partial charge is 0.0957 e. The molecule has 0 N–H and O–H groups in total. The number of benzene rings is 2. The number of aryl methyl sites for hydroxylation is 2. The first kappa shape index (κ1) is 13.6. The first-order valence-electron chi connectivity index (χ1n) is 6.60. The highest BCUT2D eigenvalue weighted by atomic mass is 32.2. The Morgan fingerprint density at radius 1 is 0.550 bits per heavy atom. The first-order chi connectivity index (χ1) is 9.72. The van der Waals surface area contributed by atoms with Crippen molar-refractivity contribution in [3.05, 3.63) is 81.6 Å². The van der Waals surface area contributed by atoms with Gasteiger partial charge in [0.1, 0.15) is 0 Å². The van der Waals surface area contributed by atoms with Crippen molar-refractivity contribution in [3.63, 3.8) is 0 Å². The molecule has 0 fully saturated rings. The second-order valence-electron chi connectivity index (χ2n) is 4.93. The molecule has 2 heteroatoms. The third-order valence-corrected chi connectivity index (χ3v) is 5.48. The fraction of sp³-hybridized carbons (Fsp3) is 0.111. The third-order valence-electron chi connectivity index (χ3n) is 3.26. The summed E-state index contributed by atoms with van der Waals surface area (Å²) in [5.74, 6) is 0. The average molecular weight is 296 g/mol. The van der Waals surface area contributed by atoms with E-state index in [1.807, 2.05) is 23.5 Å². The molecular formula is C18H16S2. The van der Waals surface area contributed by atoms with Gasteiger partial charge in [0.15, 0.2) is 0 Å². The first-order valence-corrected chi connectivity index (χ1v) is 8.36. The molecule has 2 aromatic rings. The van der Waals surface area contributed by atoms with E-state index in [0.717, 1.165) is 0 Å². The van der Waals surface area contributed by atoms with Gasteiger partial charge in [0.2, 0.25) is 0 Å². The van der Waals surface area contributed by atoms with E-state index in [9.17, 15) is 0 Å². The molecule has 1 aliphatic rings. The van der Waals surface area contributed by atoms with Crippen LogP contribution in [0.2, 0.25) is 0 Å². The van der Waals surface area contributed by atoms with Gasteiger partial charge in [-0.15, -0.1) is 0 Å². The van der Waals surface area contributed by atoms with Crippen LogP contribution in [-0.2, 0) is 0 Å². The highest BCUT2D eigenvalue weighted by Gasteiger charge is 2.10. The lowest BCUT2D eigenvalue weighted by Crippen LogP contribution is -1.85. The zero-order valence-electron chi connectivity index (χ0n) is 11.6. The van der Waals surface area contributed by atoms with Crippen molar-refractivity contribution in [1.82, 2.24) is 0 Å². The zero-order valence-corrected chi connectivity index (χ0v) is 13.2. The van der Waals surface area contributed by atoms with Crippen molar-refractivity contribution >= 4 is 33.3 Å². The van der Waals surface area contributed by atoms with Crippen molar-refractivity contribution in [2.75, 3.05) is 0 Å². The third kappa shape index (κ3) is 3.02. The molecule has 1 heterocycles. The normalized spacial score (nSPS) is 14.7. The molecule has 0 atom stereocenters. The second-order valence-corrected chi connectivity index (χ2v) is 6.75. The van der Waals surface area contributed by atoms with Gasteiger partial charge in [-0.3, -0.25) is 0 Å². The van der Waals surface area contributed by atoms with Gasteiger partial charge in [0, 0.05) is 9.81 Å². The van der Waals surface area contributed by atoms with Crippen LogP contribution in [0.3, 0.4) is 0 Å². The Morgan fingerprint density at radius 2 is 0.900 bits per heavy atom. The van der Waals surface area contributed by atoms with E-state index >= 15 is 0 Å². The summed E-state index contributed by atoms with van der Waals surface area (Å²) in [5, 5.41) is 4.51. The van der Waals surface area contributed by atoms with E-state index in [1.54, 1.807) is 0 Å². The molecule has 0 saturated carbocycles. The van der Waals surface area contributed by atoms with Gasteiger partial charge in [0.25, 0.3) is 0 Å².